The Morgan fingerprint density at radius 3 is 2.27 bits per heavy atom. The molecule has 0 aromatic heterocycles. The highest BCUT2D eigenvalue weighted by Gasteiger charge is 2.33. The SMILES string of the molecule is CCN1C(=O)CC(C)C1=O.CNCCCCC(NC)C(C)=O. The quantitative estimate of drug-likeness (QED) is 0.515. The van der Waals surface area contributed by atoms with Crippen LogP contribution in [0.5, 0.6) is 0 Å². The molecule has 0 spiro atoms. The van der Waals surface area contributed by atoms with Gasteiger partial charge >= 0.3 is 0 Å². The van der Waals surface area contributed by atoms with Crippen LogP contribution < -0.4 is 10.6 Å². The fraction of sp³-hybridized carbons (Fsp3) is 0.812. The van der Waals surface area contributed by atoms with E-state index in [2.05, 4.69) is 10.6 Å². The van der Waals surface area contributed by atoms with Crippen molar-refractivity contribution in [3.63, 3.8) is 0 Å². The van der Waals surface area contributed by atoms with Crippen molar-refractivity contribution >= 4 is 17.6 Å². The normalized spacial score (nSPS) is 19.0. The maximum absolute atomic E-state index is 11.1. The predicted octanol–water partition coefficient (Wildman–Crippen LogP) is 0.954. The zero-order valence-electron chi connectivity index (χ0n) is 14.6. The number of nitrogens with zero attached hydrogens (tertiary/aromatic N) is 1. The maximum atomic E-state index is 11.1. The van der Waals surface area contributed by atoms with E-state index in [0.717, 1.165) is 25.8 Å². The average Bonchev–Trinajstić information content (AvgIpc) is 2.72. The number of nitrogens with one attached hydrogen (secondary N) is 2. The van der Waals surface area contributed by atoms with Crippen LogP contribution in [-0.2, 0) is 14.4 Å². The molecule has 1 heterocycles. The van der Waals surface area contributed by atoms with Crippen LogP contribution in [0.2, 0.25) is 0 Å². The summed E-state index contributed by atoms with van der Waals surface area (Å²) in [7, 11) is 3.78. The first-order valence-electron chi connectivity index (χ1n) is 8.05. The summed E-state index contributed by atoms with van der Waals surface area (Å²) in [6.07, 6.45) is 3.59. The summed E-state index contributed by atoms with van der Waals surface area (Å²) in [5, 5.41) is 6.09. The molecule has 0 aromatic rings. The Hall–Kier alpha value is -1.27. The topological polar surface area (TPSA) is 78.5 Å². The number of Topliss-reactive ketones (excluding diaryl/α,β-unsaturated/α-hetero) is 1. The number of amides is 2. The fourth-order valence-electron chi connectivity index (χ4n) is 2.38. The van der Waals surface area contributed by atoms with Crippen molar-refractivity contribution in [2.24, 2.45) is 5.92 Å². The molecule has 1 saturated heterocycles. The van der Waals surface area contributed by atoms with Gasteiger partial charge in [-0.05, 0) is 47.3 Å². The van der Waals surface area contributed by atoms with Gasteiger partial charge in [0.05, 0.1) is 6.04 Å². The minimum Gasteiger partial charge on any atom is -0.320 e. The van der Waals surface area contributed by atoms with E-state index >= 15 is 0 Å². The zero-order chi connectivity index (χ0) is 17.1. The number of hydrogen-bond acceptors (Lipinski definition) is 5. The smallest absolute Gasteiger partial charge is 0.232 e. The highest BCUT2D eigenvalue weighted by molar-refractivity contribution is 6.03. The third kappa shape index (κ3) is 7.13. The number of likely N-dealkylation sites (N-methyl/N-ethyl adjacent to an activating group) is 1. The van der Waals surface area contributed by atoms with Gasteiger partial charge in [0.15, 0.2) is 0 Å². The molecule has 1 aliphatic rings. The van der Waals surface area contributed by atoms with Gasteiger partial charge in [-0.1, -0.05) is 13.3 Å². The molecule has 0 aromatic carbocycles. The molecule has 1 aliphatic heterocycles. The lowest BCUT2D eigenvalue weighted by atomic mass is 10.1. The number of hydrogen-bond donors (Lipinski definition) is 2. The van der Waals surface area contributed by atoms with E-state index in [1.807, 2.05) is 21.0 Å². The van der Waals surface area contributed by atoms with E-state index in [0.29, 0.717) is 13.0 Å². The molecule has 1 rings (SSSR count). The number of carbonyl (C=O) groups is 3. The molecule has 2 unspecified atom stereocenters. The molecular formula is C16H31N3O3. The van der Waals surface area contributed by atoms with Gasteiger partial charge in [0.25, 0.3) is 0 Å². The minimum atomic E-state index is -0.0903. The Morgan fingerprint density at radius 2 is 1.95 bits per heavy atom. The summed E-state index contributed by atoms with van der Waals surface area (Å²) in [6, 6.07) is 0.0573. The molecular weight excluding hydrogens is 282 g/mol. The first-order chi connectivity index (χ1) is 10.4. The van der Waals surface area contributed by atoms with Crippen LogP contribution in [-0.4, -0.2) is 55.7 Å². The second-order valence-corrected chi connectivity index (χ2v) is 5.63. The first kappa shape index (κ1) is 20.7. The van der Waals surface area contributed by atoms with Gasteiger partial charge in [-0.25, -0.2) is 0 Å². The molecule has 2 atom stereocenters. The van der Waals surface area contributed by atoms with E-state index in [-0.39, 0.29) is 29.6 Å². The molecule has 0 bridgehead atoms. The number of unbranched alkanes of at least 4 members (excludes halogenated alkanes) is 1. The van der Waals surface area contributed by atoms with Crippen LogP contribution in [0, 0.1) is 5.92 Å². The minimum absolute atomic E-state index is 0.0208. The van der Waals surface area contributed by atoms with Crippen LogP contribution in [0.1, 0.15) is 46.5 Å². The van der Waals surface area contributed by atoms with Crippen molar-refractivity contribution in [1.29, 1.82) is 0 Å². The van der Waals surface area contributed by atoms with E-state index in [4.69, 9.17) is 0 Å². The molecule has 6 heteroatoms. The van der Waals surface area contributed by atoms with Gasteiger partial charge < -0.3 is 10.6 Å². The van der Waals surface area contributed by atoms with Crippen molar-refractivity contribution in [1.82, 2.24) is 15.5 Å². The van der Waals surface area contributed by atoms with Gasteiger partial charge in [0, 0.05) is 18.9 Å². The molecule has 0 aliphatic carbocycles. The van der Waals surface area contributed by atoms with Gasteiger partial charge in [-0.15, -0.1) is 0 Å². The monoisotopic (exact) mass is 313 g/mol. The van der Waals surface area contributed by atoms with E-state index < -0.39 is 0 Å². The number of rotatable bonds is 8. The Bertz CT molecular complexity index is 372. The second-order valence-electron chi connectivity index (χ2n) is 5.63. The number of carbonyl (C=O) groups excluding carboxylic acids is 3. The van der Waals surface area contributed by atoms with Crippen LogP contribution in [0.4, 0.5) is 0 Å². The predicted molar refractivity (Wildman–Crippen MR) is 87.5 cm³/mol. The van der Waals surface area contributed by atoms with Crippen LogP contribution >= 0.6 is 0 Å². The Balaban J connectivity index is 0.000000406. The van der Waals surface area contributed by atoms with E-state index in [1.165, 1.54) is 4.90 Å². The highest BCUT2D eigenvalue weighted by Crippen LogP contribution is 2.17. The number of imide groups is 1. The lowest BCUT2D eigenvalue weighted by molar-refractivity contribution is -0.138. The largest absolute Gasteiger partial charge is 0.320 e. The summed E-state index contributed by atoms with van der Waals surface area (Å²) in [5.74, 6) is 0.0990. The summed E-state index contributed by atoms with van der Waals surface area (Å²) in [4.78, 5) is 34.3. The molecule has 1 fully saturated rings. The summed E-state index contributed by atoms with van der Waals surface area (Å²) < 4.78 is 0. The molecule has 2 N–H and O–H groups in total. The van der Waals surface area contributed by atoms with E-state index in [1.54, 1.807) is 13.8 Å². The van der Waals surface area contributed by atoms with Crippen LogP contribution in [0.25, 0.3) is 0 Å². The lowest BCUT2D eigenvalue weighted by Gasteiger charge is -2.11. The van der Waals surface area contributed by atoms with Crippen molar-refractivity contribution in [2.45, 2.75) is 52.5 Å². The van der Waals surface area contributed by atoms with Gasteiger partial charge in [0.1, 0.15) is 5.78 Å². The van der Waals surface area contributed by atoms with Gasteiger partial charge in [-0.3, -0.25) is 19.3 Å². The van der Waals surface area contributed by atoms with Crippen molar-refractivity contribution in [3.8, 4) is 0 Å². The highest BCUT2D eigenvalue weighted by atomic mass is 16.2. The third-order valence-corrected chi connectivity index (χ3v) is 3.79. The Kier molecular flexibility index (Phi) is 10.7. The average molecular weight is 313 g/mol. The Morgan fingerprint density at radius 1 is 1.32 bits per heavy atom. The third-order valence-electron chi connectivity index (χ3n) is 3.79. The molecule has 22 heavy (non-hydrogen) atoms. The zero-order valence-corrected chi connectivity index (χ0v) is 14.6. The second kappa shape index (κ2) is 11.3. The van der Waals surface area contributed by atoms with Crippen molar-refractivity contribution in [3.05, 3.63) is 0 Å². The summed E-state index contributed by atoms with van der Waals surface area (Å²) >= 11 is 0. The van der Waals surface area contributed by atoms with E-state index in [9.17, 15) is 14.4 Å². The molecule has 0 saturated carbocycles. The van der Waals surface area contributed by atoms with Crippen LogP contribution in [0.15, 0.2) is 0 Å². The number of likely N-dealkylation sites (tertiary alicyclic amines) is 1. The molecule has 2 amide bonds. The van der Waals surface area contributed by atoms with Gasteiger partial charge in [-0.2, -0.15) is 0 Å². The standard InChI is InChI=1S/C9H20N2O.C7H11NO2/c1-8(12)9(11-3)6-4-5-7-10-2;1-3-8-6(9)4-5(2)7(8)10/h9-11H,4-7H2,1-3H3;5H,3-4H2,1-2H3. The van der Waals surface area contributed by atoms with Gasteiger partial charge in [0.2, 0.25) is 11.8 Å². The van der Waals surface area contributed by atoms with Crippen molar-refractivity contribution in [2.75, 3.05) is 27.2 Å². The Labute approximate surface area is 134 Å². The number of ketones is 1. The van der Waals surface area contributed by atoms with Crippen molar-refractivity contribution < 1.29 is 14.4 Å². The molecule has 6 nitrogen and oxygen atoms in total. The first-order valence-corrected chi connectivity index (χ1v) is 8.05. The maximum Gasteiger partial charge on any atom is 0.232 e. The van der Waals surface area contributed by atoms with Crippen LogP contribution in [0.3, 0.4) is 0 Å². The lowest BCUT2D eigenvalue weighted by Crippen LogP contribution is -2.32. The summed E-state index contributed by atoms with van der Waals surface area (Å²) in [5.41, 5.74) is 0. The molecule has 0 radical (unpaired) electrons. The fourth-order valence-corrected chi connectivity index (χ4v) is 2.38. The molecule has 128 valence electrons. The summed E-state index contributed by atoms with van der Waals surface area (Å²) in [6.45, 7) is 6.79.